The highest BCUT2D eigenvalue weighted by atomic mass is 79.9. The number of halogens is 2. The molecule has 0 bridgehead atoms. The molecule has 1 aromatic heterocycles. The summed E-state index contributed by atoms with van der Waals surface area (Å²) in [5.74, 6) is -0.238. The average molecular weight is 297 g/mol. The highest BCUT2D eigenvalue weighted by Gasteiger charge is 2.21. The number of para-hydroxylation sites is 1. The Labute approximate surface area is 108 Å². The fourth-order valence-electron chi connectivity index (χ4n) is 2.74. The Morgan fingerprint density at radius 2 is 2.00 bits per heavy atom. The topological polar surface area (TPSA) is 17.8 Å². The van der Waals surface area contributed by atoms with Crippen LogP contribution in [0, 0.1) is 5.82 Å². The van der Waals surface area contributed by atoms with Crippen molar-refractivity contribution in [2.75, 3.05) is 0 Å². The molecule has 0 amide bonds. The summed E-state index contributed by atoms with van der Waals surface area (Å²) < 4.78 is 16.6. The second kappa shape index (κ2) is 4.41. The van der Waals surface area contributed by atoms with E-state index in [2.05, 4.69) is 25.5 Å². The van der Waals surface area contributed by atoms with Crippen molar-refractivity contribution in [1.29, 1.82) is 0 Å². The number of hydrogen-bond acceptors (Lipinski definition) is 1. The quantitative estimate of drug-likeness (QED) is 0.760. The average Bonchev–Trinajstić information content (AvgIpc) is 2.68. The van der Waals surface area contributed by atoms with Gasteiger partial charge in [-0.3, -0.25) is 0 Å². The Kier molecular flexibility index (Phi) is 2.90. The molecule has 0 atom stereocenters. The molecular formula is C13H14BrFN2. The number of aromatic nitrogens is 2. The Morgan fingerprint density at radius 1 is 1.24 bits per heavy atom. The number of hydrogen-bond donors (Lipinski definition) is 0. The third-order valence-corrected chi connectivity index (χ3v) is 4.13. The molecule has 1 fully saturated rings. The van der Waals surface area contributed by atoms with Crippen molar-refractivity contribution < 1.29 is 4.39 Å². The van der Waals surface area contributed by atoms with Crippen molar-refractivity contribution in [2.45, 2.75) is 38.1 Å². The highest BCUT2D eigenvalue weighted by molar-refractivity contribution is 9.10. The summed E-state index contributed by atoms with van der Waals surface area (Å²) in [6.07, 6.45) is 6.16. The van der Waals surface area contributed by atoms with Gasteiger partial charge in [-0.2, -0.15) is 0 Å². The Morgan fingerprint density at radius 3 is 2.76 bits per heavy atom. The molecule has 1 aromatic carbocycles. The summed E-state index contributed by atoms with van der Waals surface area (Å²) in [6, 6.07) is 5.63. The normalized spacial score (nSPS) is 17.8. The van der Waals surface area contributed by atoms with Gasteiger partial charge in [0.05, 0.1) is 5.52 Å². The van der Waals surface area contributed by atoms with E-state index in [4.69, 9.17) is 0 Å². The van der Waals surface area contributed by atoms with Crippen LogP contribution in [0.25, 0.3) is 11.0 Å². The first-order valence-corrected chi connectivity index (χ1v) is 6.88. The van der Waals surface area contributed by atoms with Crippen LogP contribution < -0.4 is 0 Å². The van der Waals surface area contributed by atoms with Gasteiger partial charge in [0, 0.05) is 6.04 Å². The van der Waals surface area contributed by atoms with Gasteiger partial charge in [0.1, 0.15) is 5.52 Å². The Balaban J connectivity index is 2.14. The van der Waals surface area contributed by atoms with Gasteiger partial charge in [0.15, 0.2) is 10.6 Å². The summed E-state index contributed by atoms with van der Waals surface area (Å²) in [4.78, 5) is 4.29. The Bertz CT molecular complexity index is 544. The van der Waals surface area contributed by atoms with Crippen LogP contribution >= 0.6 is 15.9 Å². The van der Waals surface area contributed by atoms with Gasteiger partial charge in [-0.15, -0.1) is 0 Å². The zero-order valence-corrected chi connectivity index (χ0v) is 11.1. The SMILES string of the molecule is Fc1cccc2c1nc(Br)n2C1CCCCC1. The maximum atomic E-state index is 13.7. The molecule has 1 heterocycles. The number of imidazole rings is 1. The summed E-state index contributed by atoms with van der Waals surface area (Å²) >= 11 is 3.46. The van der Waals surface area contributed by atoms with E-state index in [9.17, 15) is 4.39 Å². The van der Waals surface area contributed by atoms with Gasteiger partial charge in [-0.25, -0.2) is 9.37 Å². The minimum absolute atomic E-state index is 0.238. The standard InChI is InChI=1S/C13H14BrFN2/c14-13-16-12-10(15)7-4-8-11(12)17(13)9-5-2-1-3-6-9/h4,7-9H,1-3,5-6H2. The van der Waals surface area contributed by atoms with E-state index in [0.717, 1.165) is 10.3 Å². The summed E-state index contributed by atoms with van der Waals surface area (Å²) in [7, 11) is 0. The maximum absolute atomic E-state index is 13.7. The van der Waals surface area contributed by atoms with E-state index < -0.39 is 0 Å². The van der Waals surface area contributed by atoms with Gasteiger partial charge < -0.3 is 4.57 Å². The van der Waals surface area contributed by atoms with E-state index in [1.807, 2.05) is 6.07 Å². The lowest BCUT2D eigenvalue weighted by Crippen LogP contribution is -2.12. The van der Waals surface area contributed by atoms with Gasteiger partial charge in [0.2, 0.25) is 0 Å². The number of fused-ring (bicyclic) bond motifs is 1. The van der Waals surface area contributed by atoms with E-state index in [1.165, 1.54) is 38.2 Å². The van der Waals surface area contributed by atoms with Crippen LogP contribution in [0.2, 0.25) is 0 Å². The summed E-state index contributed by atoms with van der Waals surface area (Å²) in [5.41, 5.74) is 1.38. The Hall–Kier alpha value is -0.900. The molecule has 0 unspecified atom stereocenters. The predicted molar refractivity (Wildman–Crippen MR) is 69.5 cm³/mol. The highest BCUT2D eigenvalue weighted by Crippen LogP contribution is 2.34. The van der Waals surface area contributed by atoms with Crippen LogP contribution in [0.3, 0.4) is 0 Å². The second-order valence-corrected chi connectivity index (χ2v) is 5.36. The molecule has 0 radical (unpaired) electrons. The van der Waals surface area contributed by atoms with Crippen LogP contribution in [-0.4, -0.2) is 9.55 Å². The minimum Gasteiger partial charge on any atom is -0.315 e. The molecule has 0 N–H and O–H groups in total. The van der Waals surface area contributed by atoms with Crippen molar-refractivity contribution in [2.24, 2.45) is 0 Å². The molecule has 17 heavy (non-hydrogen) atoms. The third kappa shape index (κ3) is 1.88. The van der Waals surface area contributed by atoms with E-state index >= 15 is 0 Å². The van der Waals surface area contributed by atoms with Crippen molar-refractivity contribution >= 4 is 27.0 Å². The van der Waals surface area contributed by atoms with E-state index in [0.29, 0.717) is 11.6 Å². The molecule has 1 saturated carbocycles. The monoisotopic (exact) mass is 296 g/mol. The molecule has 90 valence electrons. The van der Waals surface area contributed by atoms with Crippen LogP contribution in [0.1, 0.15) is 38.1 Å². The zero-order chi connectivity index (χ0) is 11.8. The molecule has 4 heteroatoms. The van der Waals surface area contributed by atoms with Crippen LogP contribution in [-0.2, 0) is 0 Å². The number of rotatable bonds is 1. The van der Waals surface area contributed by atoms with Gasteiger partial charge >= 0.3 is 0 Å². The van der Waals surface area contributed by atoms with Crippen LogP contribution in [0.15, 0.2) is 22.9 Å². The lowest BCUT2D eigenvalue weighted by Gasteiger charge is -2.24. The molecule has 0 saturated heterocycles. The van der Waals surface area contributed by atoms with Gasteiger partial charge in [0.25, 0.3) is 0 Å². The number of nitrogens with zero attached hydrogens (tertiary/aromatic N) is 2. The largest absolute Gasteiger partial charge is 0.315 e. The third-order valence-electron chi connectivity index (χ3n) is 3.57. The molecule has 2 nitrogen and oxygen atoms in total. The van der Waals surface area contributed by atoms with Crippen molar-refractivity contribution in [3.05, 3.63) is 28.7 Å². The lowest BCUT2D eigenvalue weighted by molar-refractivity contribution is 0.355. The molecule has 3 rings (SSSR count). The fraction of sp³-hybridized carbons (Fsp3) is 0.462. The zero-order valence-electron chi connectivity index (χ0n) is 9.50. The fourth-order valence-corrected chi connectivity index (χ4v) is 3.40. The first-order chi connectivity index (χ1) is 8.27. The lowest BCUT2D eigenvalue weighted by atomic mass is 9.95. The van der Waals surface area contributed by atoms with Gasteiger partial charge in [-0.05, 0) is 40.9 Å². The molecule has 1 aliphatic rings. The predicted octanol–water partition coefficient (Wildman–Crippen LogP) is 4.44. The van der Waals surface area contributed by atoms with E-state index in [-0.39, 0.29) is 5.82 Å². The van der Waals surface area contributed by atoms with Crippen molar-refractivity contribution in [3.63, 3.8) is 0 Å². The van der Waals surface area contributed by atoms with Crippen molar-refractivity contribution in [1.82, 2.24) is 9.55 Å². The molecule has 2 aromatic rings. The molecule has 1 aliphatic carbocycles. The second-order valence-electron chi connectivity index (χ2n) is 4.65. The molecular weight excluding hydrogens is 283 g/mol. The minimum atomic E-state index is -0.238. The molecule has 0 aliphatic heterocycles. The smallest absolute Gasteiger partial charge is 0.178 e. The van der Waals surface area contributed by atoms with Crippen molar-refractivity contribution in [3.8, 4) is 0 Å². The first-order valence-electron chi connectivity index (χ1n) is 6.09. The van der Waals surface area contributed by atoms with Crippen LogP contribution in [0.4, 0.5) is 4.39 Å². The molecule has 0 spiro atoms. The summed E-state index contributed by atoms with van der Waals surface area (Å²) in [6.45, 7) is 0. The summed E-state index contributed by atoms with van der Waals surface area (Å²) in [5, 5.41) is 0. The first kappa shape index (κ1) is 11.2. The van der Waals surface area contributed by atoms with Crippen LogP contribution in [0.5, 0.6) is 0 Å². The number of benzene rings is 1. The maximum Gasteiger partial charge on any atom is 0.178 e. The van der Waals surface area contributed by atoms with Gasteiger partial charge in [-0.1, -0.05) is 25.3 Å². The van der Waals surface area contributed by atoms with E-state index in [1.54, 1.807) is 6.07 Å².